The van der Waals surface area contributed by atoms with E-state index in [0.717, 1.165) is 31.4 Å². The summed E-state index contributed by atoms with van der Waals surface area (Å²) in [7, 11) is 3.41. The van der Waals surface area contributed by atoms with Crippen LogP contribution in [0.15, 0.2) is 12.3 Å². The highest BCUT2D eigenvalue weighted by atomic mass is 16.5. The Labute approximate surface area is 155 Å². The fourth-order valence-electron chi connectivity index (χ4n) is 4.34. The topological polar surface area (TPSA) is 76.5 Å². The fraction of sp³-hybridized carbons (Fsp3) is 0.737. The number of hydrogen-bond acceptors (Lipinski definition) is 4. The average molecular weight is 362 g/mol. The summed E-state index contributed by atoms with van der Waals surface area (Å²) < 4.78 is 6.77. The lowest BCUT2D eigenvalue weighted by molar-refractivity contribution is -0.135. The third kappa shape index (κ3) is 4.26. The molecule has 1 aliphatic carbocycles. The Morgan fingerprint density at radius 2 is 1.96 bits per heavy atom. The predicted octanol–water partition coefficient (Wildman–Crippen LogP) is 1.45. The lowest BCUT2D eigenvalue weighted by atomic mass is 9.98. The summed E-state index contributed by atoms with van der Waals surface area (Å²) >= 11 is 0. The molecule has 2 atom stereocenters. The van der Waals surface area contributed by atoms with Gasteiger partial charge in [0.15, 0.2) is 0 Å². The van der Waals surface area contributed by atoms with Crippen LogP contribution in [0.3, 0.4) is 0 Å². The molecule has 2 fully saturated rings. The molecule has 3 rings (SSSR count). The van der Waals surface area contributed by atoms with Gasteiger partial charge in [0.1, 0.15) is 6.61 Å². The Hall–Kier alpha value is -1.89. The van der Waals surface area contributed by atoms with Gasteiger partial charge in [-0.25, -0.2) is 0 Å². The number of carbonyl (C=O) groups is 2. The van der Waals surface area contributed by atoms with Crippen LogP contribution < -0.4 is 5.32 Å². The zero-order chi connectivity index (χ0) is 18.5. The van der Waals surface area contributed by atoms with E-state index in [2.05, 4.69) is 10.4 Å². The molecule has 1 aromatic rings. The average Bonchev–Trinajstić information content (AvgIpc) is 3.10. The number of carbonyl (C=O) groups excluding carboxylic acids is 2. The molecule has 2 amide bonds. The number of hydrogen-bond donors (Lipinski definition) is 1. The molecule has 0 radical (unpaired) electrons. The van der Waals surface area contributed by atoms with Gasteiger partial charge in [-0.15, -0.1) is 0 Å². The van der Waals surface area contributed by atoms with E-state index < -0.39 is 0 Å². The minimum absolute atomic E-state index is 0.0329. The highest BCUT2D eigenvalue weighted by Crippen LogP contribution is 2.31. The van der Waals surface area contributed by atoms with Crippen molar-refractivity contribution in [3.05, 3.63) is 18.0 Å². The highest BCUT2D eigenvalue weighted by Gasteiger charge is 2.40. The maximum absolute atomic E-state index is 13.1. The third-order valence-corrected chi connectivity index (χ3v) is 5.70. The first kappa shape index (κ1) is 18.9. The summed E-state index contributed by atoms with van der Waals surface area (Å²) in [6.45, 7) is 1.22. The molecule has 0 aromatic carbocycles. The van der Waals surface area contributed by atoms with Crippen molar-refractivity contribution in [3.8, 4) is 0 Å². The van der Waals surface area contributed by atoms with Gasteiger partial charge in [0.2, 0.25) is 11.8 Å². The molecule has 7 heteroatoms. The number of amides is 2. The van der Waals surface area contributed by atoms with E-state index in [-0.39, 0.29) is 36.3 Å². The van der Waals surface area contributed by atoms with Crippen molar-refractivity contribution >= 4 is 11.8 Å². The summed E-state index contributed by atoms with van der Waals surface area (Å²) in [4.78, 5) is 27.1. The molecule has 1 N–H and O–H groups in total. The van der Waals surface area contributed by atoms with Gasteiger partial charge in [0.25, 0.3) is 0 Å². The van der Waals surface area contributed by atoms with Gasteiger partial charge in [-0.05, 0) is 18.9 Å². The first-order valence-electron chi connectivity index (χ1n) is 9.65. The lowest BCUT2D eigenvalue weighted by Crippen LogP contribution is -2.42. The van der Waals surface area contributed by atoms with Crippen molar-refractivity contribution in [3.63, 3.8) is 0 Å². The number of aromatic nitrogens is 2. The number of methoxy groups -OCH3 is 1. The molecule has 7 nitrogen and oxygen atoms in total. The summed E-state index contributed by atoms with van der Waals surface area (Å²) in [5.41, 5.74) is 1.05. The van der Waals surface area contributed by atoms with Crippen LogP contribution in [-0.4, -0.2) is 59.3 Å². The van der Waals surface area contributed by atoms with Gasteiger partial charge >= 0.3 is 0 Å². The molecule has 0 spiro atoms. The molecular weight excluding hydrogens is 332 g/mol. The smallest absolute Gasteiger partial charge is 0.246 e. The monoisotopic (exact) mass is 362 g/mol. The molecule has 1 saturated carbocycles. The first-order valence-corrected chi connectivity index (χ1v) is 9.65. The van der Waals surface area contributed by atoms with Crippen LogP contribution in [0.4, 0.5) is 0 Å². The zero-order valence-corrected chi connectivity index (χ0v) is 15.8. The number of nitrogens with zero attached hydrogens (tertiary/aromatic N) is 3. The van der Waals surface area contributed by atoms with Gasteiger partial charge in [0.05, 0.1) is 6.04 Å². The second-order valence-corrected chi connectivity index (χ2v) is 7.52. The van der Waals surface area contributed by atoms with E-state index in [1.54, 1.807) is 6.20 Å². The van der Waals surface area contributed by atoms with Gasteiger partial charge in [-0.1, -0.05) is 25.7 Å². The SMILES string of the molecule is COCC(=O)N[C@@H]1CN(C(=O)C2CCCCCC2)C[C@H]1c1ccnn1C. The van der Waals surface area contributed by atoms with Gasteiger partial charge in [-0.2, -0.15) is 5.10 Å². The molecule has 144 valence electrons. The Kier molecular flexibility index (Phi) is 6.29. The van der Waals surface area contributed by atoms with Gasteiger partial charge in [-0.3, -0.25) is 14.3 Å². The van der Waals surface area contributed by atoms with Crippen LogP contribution in [0.5, 0.6) is 0 Å². The van der Waals surface area contributed by atoms with Crippen LogP contribution in [0.2, 0.25) is 0 Å². The van der Waals surface area contributed by atoms with Crippen LogP contribution in [0, 0.1) is 5.92 Å². The van der Waals surface area contributed by atoms with E-state index in [4.69, 9.17) is 4.74 Å². The molecule has 1 aromatic heterocycles. The summed E-state index contributed by atoms with van der Waals surface area (Å²) in [6, 6.07) is 1.86. The van der Waals surface area contributed by atoms with Crippen molar-refractivity contribution in [2.75, 3.05) is 26.8 Å². The maximum Gasteiger partial charge on any atom is 0.246 e. The van der Waals surface area contributed by atoms with Crippen LogP contribution in [0.25, 0.3) is 0 Å². The van der Waals surface area contributed by atoms with Crippen molar-refractivity contribution in [1.29, 1.82) is 0 Å². The molecule has 0 unspecified atom stereocenters. The van der Waals surface area contributed by atoms with Crippen molar-refractivity contribution < 1.29 is 14.3 Å². The van der Waals surface area contributed by atoms with Crippen LogP contribution >= 0.6 is 0 Å². The van der Waals surface area contributed by atoms with E-state index in [1.165, 1.54) is 20.0 Å². The van der Waals surface area contributed by atoms with Crippen LogP contribution in [-0.2, 0) is 21.4 Å². The van der Waals surface area contributed by atoms with Gasteiger partial charge < -0.3 is 15.0 Å². The summed E-state index contributed by atoms with van der Waals surface area (Å²) in [6.07, 6.45) is 8.50. The van der Waals surface area contributed by atoms with E-state index in [9.17, 15) is 9.59 Å². The second kappa shape index (κ2) is 8.66. The number of rotatable bonds is 5. The number of nitrogens with one attached hydrogen (secondary N) is 1. The minimum Gasteiger partial charge on any atom is -0.375 e. The van der Waals surface area contributed by atoms with Crippen LogP contribution in [0.1, 0.15) is 50.1 Å². The van der Waals surface area contributed by atoms with Gasteiger partial charge in [0, 0.05) is 51.0 Å². The predicted molar refractivity (Wildman–Crippen MR) is 97.5 cm³/mol. The van der Waals surface area contributed by atoms with Crippen molar-refractivity contribution in [2.24, 2.45) is 13.0 Å². The largest absolute Gasteiger partial charge is 0.375 e. The van der Waals surface area contributed by atoms with E-state index in [1.807, 2.05) is 22.7 Å². The zero-order valence-electron chi connectivity index (χ0n) is 15.8. The minimum atomic E-state index is -0.145. The number of likely N-dealkylation sites (tertiary alicyclic amines) is 1. The molecule has 0 bridgehead atoms. The van der Waals surface area contributed by atoms with E-state index >= 15 is 0 Å². The Bertz CT molecular complexity index is 622. The number of aryl methyl sites for hydroxylation is 1. The molecule has 2 heterocycles. The highest BCUT2D eigenvalue weighted by molar-refractivity contribution is 5.80. The molecule has 1 aliphatic heterocycles. The van der Waals surface area contributed by atoms with Crippen molar-refractivity contribution in [1.82, 2.24) is 20.0 Å². The Balaban J connectivity index is 1.73. The Morgan fingerprint density at radius 3 is 2.58 bits per heavy atom. The van der Waals surface area contributed by atoms with Crippen molar-refractivity contribution in [2.45, 2.75) is 50.5 Å². The molecule has 1 saturated heterocycles. The maximum atomic E-state index is 13.1. The standard InChI is InChI=1S/C19H30N4O3/c1-22-17(9-10-20-22)15-11-23(12-16(15)21-18(24)13-26-2)19(25)14-7-5-3-4-6-8-14/h9-10,14-16H,3-8,11-13H2,1-2H3,(H,21,24)/t15-,16-/m1/s1. The molecule has 26 heavy (non-hydrogen) atoms. The quantitative estimate of drug-likeness (QED) is 0.805. The first-order chi connectivity index (χ1) is 12.6. The summed E-state index contributed by atoms with van der Waals surface area (Å²) in [5.74, 6) is 0.298. The number of ether oxygens (including phenoxy) is 1. The third-order valence-electron chi connectivity index (χ3n) is 5.70. The molecule has 2 aliphatic rings. The summed E-state index contributed by atoms with van der Waals surface area (Å²) in [5, 5.41) is 7.31. The normalized spacial score (nSPS) is 24.5. The Morgan fingerprint density at radius 1 is 1.23 bits per heavy atom. The molecular formula is C19H30N4O3. The van der Waals surface area contributed by atoms with E-state index in [0.29, 0.717) is 13.1 Å². The lowest BCUT2D eigenvalue weighted by Gasteiger charge is -2.22. The second-order valence-electron chi connectivity index (χ2n) is 7.52. The fourth-order valence-corrected chi connectivity index (χ4v) is 4.34.